The topological polar surface area (TPSA) is 75.9 Å². The van der Waals surface area contributed by atoms with Gasteiger partial charge in [0, 0.05) is 26.2 Å². The van der Waals surface area contributed by atoms with E-state index < -0.39 is 11.6 Å². The molecule has 1 unspecified atom stereocenters. The molecule has 20 heavy (non-hydrogen) atoms. The molecule has 1 saturated heterocycles. The second-order valence-electron chi connectivity index (χ2n) is 6.19. The average Bonchev–Trinajstić information content (AvgIpc) is 2.36. The van der Waals surface area contributed by atoms with Gasteiger partial charge in [0.05, 0.1) is 6.04 Å². The van der Waals surface area contributed by atoms with E-state index in [2.05, 4.69) is 0 Å². The van der Waals surface area contributed by atoms with E-state index in [1.54, 1.807) is 9.80 Å². The molecule has 0 aromatic rings. The van der Waals surface area contributed by atoms with E-state index in [-0.39, 0.29) is 12.0 Å². The van der Waals surface area contributed by atoms with Gasteiger partial charge in [-0.05, 0) is 27.2 Å². The fourth-order valence-corrected chi connectivity index (χ4v) is 2.10. The van der Waals surface area contributed by atoms with Crippen LogP contribution in [0.2, 0.25) is 0 Å². The predicted octanol–water partition coefficient (Wildman–Crippen LogP) is 1.19. The first kappa shape index (κ1) is 16.8. The number of amides is 2. The lowest BCUT2D eigenvalue weighted by molar-refractivity contribution is -0.134. The molecule has 116 valence electrons. The van der Waals surface area contributed by atoms with Crippen LogP contribution in [0.1, 0.15) is 40.5 Å². The van der Waals surface area contributed by atoms with Crippen molar-refractivity contribution >= 4 is 12.0 Å². The molecule has 0 radical (unpaired) electrons. The van der Waals surface area contributed by atoms with E-state index in [9.17, 15) is 9.59 Å². The molecule has 6 heteroatoms. The summed E-state index contributed by atoms with van der Waals surface area (Å²) < 4.78 is 5.32. The molecule has 1 fully saturated rings. The van der Waals surface area contributed by atoms with Gasteiger partial charge < -0.3 is 20.3 Å². The fraction of sp³-hybridized carbons (Fsp3) is 0.857. The molecule has 0 aliphatic carbocycles. The van der Waals surface area contributed by atoms with Crippen molar-refractivity contribution < 1.29 is 14.3 Å². The molecule has 1 heterocycles. The Hall–Kier alpha value is -1.30. The summed E-state index contributed by atoms with van der Waals surface area (Å²) in [5.41, 5.74) is 5.35. The van der Waals surface area contributed by atoms with Gasteiger partial charge in [0.1, 0.15) is 5.60 Å². The van der Waals surface area contributed by atoms with Crippen LogP contribution in [0.5, 0.6) is 0 Å². The quantitative estimate of drug-likeness (QED) is 0.845. The molecule has 0 saturated carbocycles. The monoisotopic (exact) mass is 285 g/mol. The highest BCUT2D eigenvalue weighted by molar-refractivity contribution is 5.82. The number of rotatable bonds is 3. The van der Waals surface area contributed by atoms with Gasteiger partial charge in [0.15, 0.2) is 0 Å². The number of carbonyl (C=O) groups is 2. The zero-order chi connectivity index (χ0) is 15.3. The van der Waals surface area contributed by atoms with Gasteiger partial charge in [-0.25, -0.2) is 4.79 Å². The predicted molar refractivity (Wildman–Crippen MR) is 77.3 cm³/mol. The summed E-state index contributed by atoms with van der Waals surface area (Å²) in [4.78, 5) is 27.3. The van der Waals surface area contributed by atoms with Crippen molar-refractivity contribution in [2.45, 2.75) is 52.2 Å². The van der Waals surface area contributed by atoms with Crippen molar-refractivity contribution in [2.24, 2.45) is 5.73 Å². The summed E-state index contributed by atoms with van der Waals surface area (Å²) in [5.74, 6) is -0.0179. The summed E-state index contributed by atoms with van der Waals surface area (Å²) in [6, 6.07) is -0.423. The van der Waals surface area contributed by atoms with Gasteiger partial charge in [-0.3, -0.25) is 4.79 Å². The summed E-state index contributed by atoms with van der Waals surface area (Å²) in [6.07, 6.45) is 1.28. The van der Waals surface area contributed by atoms with Crippen molar-refractivity contribution in [1.29, 1.82) is 0 Å². The van der Waals surface area contributed by atoms with Gasteiger partial charge in [-0.1, -0.05) is 13.3 Å². The average molecular weight is 285 g/mol. The smallest absolute Gasteiger partial charge is 0.410 e. The van der Waals surface area contributed by atoms with Crippen molar-refractivity contribution in [3.63, 3.8) is 0 Å². The summed E-state index contributed by atoms with van der Waals surface area (Å²) >= 11 is 0. The van der Waals surface area contributed by atoms with Gasteiger partial charge in [-0.15, -0.1) is 0 Å². The van der Waals surface area contributed by atoms with E-state index in [4.69, 9.17) is 10.5 Å². The Labute approximate surface area is 121 Å². The maximum Gasteiger partial charge on any atom is 0.410 e. The Balaban J connectivity index is 2.43. The van der Waals surface area contributed by atoms with Gasteiger partial charge >= 0.3 is 6.09 Å². The van der Waals surface area contributed by atoms with Crippen molar-refractivity contribution in [3.8, 4) is 0 Å². The molecule has 6 nitrogen and oxygen atoms in total. The molecule has 0 bridgehead atoms. The molecule has 1 rings (SSSR count). The first-order valence-corrected chi connectivity index (χ1v) is 7.27. The summed E-state index contributed by atoms with van der Waals surface area (Å²) in [5, 5.41) is 0. The molecular formula is C14H27N3O3. The highest BCUT2D eigenvalue weighted by atomic mass is 16.6. The number of piperazine rings is 1. The number of ether oxygens (including phenoxy) is 1. The molecule has 0 aromatic carbocycles. The molecule has 0 spiro atoms. The third-order valence-electron chi connectivity index (χ3n) is 3.16. The van der Waals surface area contributed by atoms with E-state index in [1.807, 2.05) is 27.7 Å². The third-order valence-corrected chi connectivity index (χ3v) is 3.16. The number of nitrogens with two attached hydrogens (primary N) is 1. The van der Waals surface area contributed by atoms with E-state index in [0.717, 1.165) is 6.42 Å². The largest absolute Gasteiger partial charge is 0.444 e. The Morgan fingerprint density at radius 2 is 1.65 bits per heavy atom. The lowest BCUT2D eigenvalue weighted by Gasteiger charge is -2.36. The molecule has 1 atom stereocenters. The second kappa shape index (κ2) is 6.92. The van der Waals surface area contributed by atoms with Crippen LogP contribution in [-0.4, -0.2) is 59.6 Å². The minimum atomic E-state index is -0.493. The zero-order valence-corrected chi connectivity index (χ0v) is 13.0. The number of hydrogen-bond acceptors (Lipinski definition) is 4. The van der Waals surface area contributed by atoms with Crippen LogP contribution in [0.15, 0.2) is 0 Å². The van der Waals surface area contributed by atoms with Crippen molar-refractivity contribution in [1.82, 2.24) is 9.80 Å². The lowest BCUT2D eigenvalue weighted by atomic mass is 10.1. The van der Waals surface area contributed by atoms with Crippen molar-refractivity contribution in [2.75, 3.05) is 26.2 Å². The lowest BCUT2D eigenvalue weighted by Crippen LogP contribution is -2.54. The molecule has 0 aromatic heterocycles. The van der Waals surface area contributed by atoms with E-state index in [0.29, 0.717) is 32.6 Å². The maximum atomic E-state index is 12.1. The SMILES string of the molecule is CCCC(N)C(=O)N1CCN(C(=O)OC(C)(C)C)CC1. The highest BCUT2D eigenvalue weighted by Crippen LogP contribution is 2.12. The first-order chi connectivity index (χ1) is 9.24. The van der Waals surface area contributed by atoms with Crippen LogP contribution in [0.25, 0.3) is 0 Å². The Morgan fingerprint density at radius 1 is 1.15 bits per heavy atom. The summed E-state index contributed by atoms with van der Waals surface area (Å²) in [6.45, 7) is 9.58. The molecule has 1 aliphatic rings. The van der Waals surface area contributed by atoms with Gasteiger partial charge in [0.2, 0.25) is 5.91 Å². The Bertz CT molecular complexity index is 344. The maximum absolute atomic E-state index is 12.1. The van der Waals surface area contributed by atoms with Crippen LogP contribution < -0.4 is 5.73 Å². The molecular weight excluding hydrogens is 258 g/mol. The molecule has 1 aliphatic heterocycles. The standard InChI is InChI=1S/C14H27N3O3/c1-5-6-11(15)12(18)16-7-9-17(10-8-16)13(19)20-14(2,3)4/h11H,5-10,15H2,1-4H3. The fourth-order valence-electron chi connectivity index (χ4n) is 2.10. The minimum absolute atomic E-state index is 0.0179. The van der Waals surface area contributed by atoms with Gasteiger partial charge in [0.25, 0.3) is 0 Å². The first-order valence-electron chi connectivity index (χ1n) is 7.27. The number of carbonyl (C=O) groups excluding carboxylic acids is 2. The van der Waals surface area contributed by atoms with Crippen LogP contribution in [0.3, 0.4) is 0 Å². The van der Waals surface area contributed by atoms with Crippen LogP contribution in [-0.2, 0) is 9.53 Å². The summed E-state index contributed by atoms with van der Waals surface area (Å²) in [7, 11) is 0. The van der Waals surface area contributed by atoms with Crippen LogP contribution >= 0.6 is 0 Å². The van der Waals surface area contributed by atoms with Crippen LogP contribution in [0, 0.1) is 0 Å². The van der Waals surface area contributed by atoms with Crippen molar-refractivity contribution in [3.05, 3.63) is 0 Å². The van der Waals surface area contributed by atoms with E-state index in [1.165, 1.54) is 0 Å². The number of nitrogens with zero attached hydrogens (tertiary/aromatic N) is 2. The Kier molecular flexibility index (Phi) is 5.80. The van der Waals surface area contributed by atoms with Crippen LogP contribution in [0.4, 0.5) is 4.79 Å². The third kappa shape index (κ3) is 5.00. The zero-order valence-electron chi connectivity index (χ0n) is 13.0. The van der Waals surface area contributed by atoms with E-state index >= 15 is 0 Å². The minimum Gasteiger partial charge on any atom is -0.444 e. The normalized spacial score (nSPS) is 17.9. The highest BCUT2D eigenvalue weighted by Gasteiger charge is 2.29. The molecule has 2 N–H and O–H groups in total. The molecule has 2 amide bonds. The van der Waals surface area contributed by atoms with Gasteiger partial charge in [-0.2, -0.15) is 0 Å². The number of hydrogen-bond donors (Lipinski definition) is 1. The second-order valence-corrected chi connectivity index (χ2v) is 6.19. The Morgan fingerprint density at radius 3 is 2.10 bits per heavy atom.